The second kappa shape index (κ2) is 10.5. The maximum absolute atomic E-state index is 14.0. The molecule has 1 unspecified atom stereocenters. The highest BCUT2D eigenvalue weighted by molar-refractivity contribution is 6.01. The van der Waals surface area contributed by atoms with Gasteiger partial charge in [0.1, 0.15) is 30.0 Å². The zero-order valence-electron chi connectivity index (χ0n) is 19.0. The minimum absolute atomic E-state index is 0.0286. The van der Waals surface area contributed by atoms with Crippen LogP contribution in [0.4, 0.5) is 8.78 Å². The van der Waals surface area contributed by atoms with E-state index in [0.29, 0.717) is 25.5 Å². The van der Waals surface area contributed by atoms with Crippen molar-refractivity contribution in [2.75, 3.05) is 13.2 Å². The third kappa shape index (κ3) is 6.02. The number of amides is 3. The minimum Gasteiger partial charge on any atom is -0.389 e. The molecule has 1 aliphatic carbocycles. The number of aromatic amines is 1. The van der Waals surface area contributed by atoms with Crippen LogP contribution in [0, 0.1) is 23.5 Å². The third-order valence-corrected chi connectivity index (χ3v) is 6.56. The molecule has 1 aromatic heterocycles. The van der Waals surface area contributed by atoms with E-state index in [1.54, 1.807) is 0 Å². The van der Waals surface area contributed by atoms with Crippen LogP contribution in [0.2, 0.25) is 0 Å². The molecule has 1 aromatic carbocycles. The van der Waals surface area contributed by atoms with Gasteiger partial charge in [-0.25, -0.2) is 8.78 Å². The summed E-state index contributed by atoms with van der Waals surface area (Å²) >= 11 is 0. The number of hydrogen-bond donors (Lipinski definition) is 5. The summed E-state index contributed by atoms with van der Waals surface area (Å²) in [5, 5.41) is 17.5. The van der Waals surface area contributed by atoms with Gasteiger partial charge < -0.3 is 26.0 Å². The number of halogens is 2. The van der Waals surface area contributed by atoms with Crippen LogP contribution >= 0.6 is 0 Å². The predicted octanol–water partition coefficient (Wildman–Crippen LogP) is 1.31. The molecule has 11 heteroatoms. The summed E-state index contributed by atoms with van der Waals surface area (Å²) in [4.78, 5) is 53.1. The van der Waals surface area contributed by atoms with Crippen LogP contribution in [0.1, 0.15) is 49.0 Å². The summed E-state index contributed by atoms with van der Waals surface area (Å²) in [6.07, 6.45) is 3.50. The third-order valence-electron chi connectivity index (χ3n) is 6.56. The summed E-state index contributed by atoms with van der Waals surface area (Å²) in [5.41, 5.74) is -0.0703. The molecule has 1 saturated carbocycles. The molecule has 2 fully saturated rings. The number of fused-ring (bicyclic) bond motifs is 1. The molecule has 35 heavy (non-hydrogen) atoms. The van der Waals surface area contributed by atoms with Crippen molar-refractivity contribution < 1.29 is 33.1 Å². The summed E-state index contributed by atoms with van der Waals surface area (Å²) < 4.78 is 27.5. The lowest BCUT2D eigenvalue weighted by molar-refractivity contribution is -0.132. The van der Waals surface area contributed by atoms with Crippen molar-refractivity contribution in [1.29, 1.82) is 0 Å². The molecule has 3 amide bonds. The summed E-state index contributed by atoms with van der Waals surface area (Å²) in [6.45, 7) is -0.240. The topological polar surface area (TPSA) is 140 Å². The number of H-pyrrole nitrogens is 1. The first kappa shape index (κ1) is 24.8. The fourth-order valence-electron chi connectivity index (χ4n) is 4.44. The Morgan fingerprint density at radius 1 is 1.06 bits per heavy atom. The largest absolute Gasteiger partial charge is 0.389 e. The zero-order valence-corrected chi connectivity index (χ0v) is 19.0. The SMILES string of the molecule is O=C(N[C@@H](CC1CC1)C(=O)N[C@@H](CC1CCCNC1=O)C(=O)CO)c1cc2cc(F)cc(F)c2[nH]1. The molecule has 2 aromatic rings. The molecule has 1 saturated heterocycles. The molecule has 0 bridgehead atoms. The Kier molecular flexibility index (Phi) is 7.44. The van der Waals surface area contributed by atoms with Gasteiger partial charge in [0.2, 0.25) is 11.8 Å². The molecule has 1 aliphatic heterocycles. The fraction of sp³-hybridized carbons (Fsp3) is 0.500. The van der Waals surface area contributed by atoms with Gasteiger partial charge in [0.25, 0.3) is 5.91 Å². The van der Waals surface area contributed by atoms with E-state index in [0.717, 1.165) is 25.3 Å². The number of carbonyl (C=O) groups excluding carboxylic acids is 4. The fourth-order valence-corrected chi connectivity index (χ4v) is 4.44. The molecule has 3 atom stereocenters. The number of benzene rings is 1. The smallest absolute Gasteiger partial charge is 0.268 e. The molecule has 2 aliphatic rings. The molecular formula is C24H28F2N4O5. The highest BCUT2D eigenvalue weighted by atomic mass is 19.1. The quantitative estimate of drug-likeness (QED) is 0.342. The van der Waals surface area contributed by atoms with E-state index in [9.17, 15) is 33.1 Å². The number of aromatic nitrogens is 1. The predicted molar refractivity (Wildman–Crippen MR) is 121 cm³/mol. The lowest BCUT2D eigenvalue weighted by atomic mass is 9.90. The highest BCUT2D eigenvalue weighted by Gasteiger charge is 2.34. The number of aliphatic hydroxyl groups excluding tert-OH is 1. The van der Waals surface area contributed by atoms with Gasteiger partial charge in [0.05, 0.1) is 11.6 Å². The maximum Gasteiger partial charge on any atom is 0.268 e. The van der Waals surface area contributed by atoms with Crippen molar-refractivity contribution in [2.45, 2.75) is 50.6 Å². The van der Waals surface area contributed by atoms with Gasteiger partial charge in [-0.2, -0.15) is 0 Å². The van der Waals surface area contributed by atoms with Crippen molar-refractivity contribution in [1.82, 2.24) is 20.9 Å². The van der Waals surface area contributed by atoms with Crippen molar-refractivity contribution in [2.24, 2.45) is 11.8 Å². The molecular weight excluding hydrogens is 462 g/mol. The second-order valence-electron chi connectivity index (χ2n) is 9.29. The number of piperidine rings is 1. The van der Waals surface area contributed by atoms with Crippen molar-refractivity contribution >= 4 is 34.4 Å². The Morgan fingerprint density at radius 3 is 2.51 bits per heavy atom. The van der Waals surface area contributed by atoms with E-state index >= 15 is 0 Å². The van der Waals surface area contributed by atoms with E-state index in [-0.39, 0.29) is 34.8 Å². The van der Waals surface area contributed by atoms with E-state index in [1.165, 1.54) is 6.07 Å². The number of hydrogen-bond acceptors (Lipinski definition) is 5. The van der Waals surface area contributed by atoms with E-state index < -0.39 is 53.8 Å². The average Bonchev–Trinajstić information content (AvgIpc) is 3.54. The summed E-state index contributed by atoms with van der Waals surface area (Å²) in [6, 6.07) is 1.02. The number of ketones is 1. The van der Waals surface area contributed by atoms with Crippen molar-refractivity contribution in [3.8, 4) is 0 Å². The number of Topliss-reactive ketones (excluding diaryl/α,β-unsaturated/α-hetero) is 1. The van der Waals surface area contributed by atoms with Gasteiger partial charge >= 0.3 is 0 Å². The Hall–Kier alpha value is -3.34. The highest BCUT2D eigenvalue weighted by Crippen LogP contribution is 2.33. The normalized spacial score (nSPS) is 19.6. The van der Waals surface area contributed by atoms with Crippen LogP contribution in [0.5, 0.6) is 0 Å². The Labute approximate surface area is 200 Å². The van der Waals surface area contributed by atoms with E-state index in [1.807, 2.05) is 0 Å². The first-order valence-electron chi connectivity index (χ1n) is 11.8. The first-order chi connectivity index (χ1) is 16.7. The Balaban J connectivity index is 1.48. The average molecular weight is 491 g/mol. The van der Waals surface area contributed by atoms with Gasteiger partial charge in [-0.3, -0.25) is 19.2 Å². The van der Waals surface area contributed by atoms with Crippen LogP contribution in [0.3, 0.4) is 0 Å². The van der Waals surface area contributed by atoms with Gasteiger partial charge in [0.15, 0.2) is 5.78 Å². The molecule has 188 valence electrons. The molecule has 2 heterocycles. The van der Waals surface area contributed by atoms with Gasteiger partial charge in [-0.05, 0) is 43.7 Å². The van der Waals surface area contributed by atoms with Crippen LogP contribution in [0.25, 0.3) is 10.9 Å². The summed E-state index contributed by atoms with van der Waals surface area (Å²) in [7, 11) is 0. The van der Waals surface area contributed by atoms with Gasteiger partial charge in [0, 0.05) is 23.9 Å². The molecule has 4 rings (SSSR count). The number of aliphatic hydroxyl groups is 1. The van der Waals surface area contributed by atoms with Crippen molar-refractivity contribution in [3.63, 3.8) is 0 Å². The first-order valence-corrected chi connectivity index (χ1v) is 11.8. The van der Waals surface area contributed by atoms with E-state index in [2.05, 4.69) is 20.9 Å². The number of nitrogens with one attached hydrogen (secondary N) is 4. The molecule has 0 spiro atoms. The zero-order chi connectivity index (χ0) is 25.1. The molecule has 5 N–H and O–H groups in total. The van der Waals surface area contributed by atoms with Crippen LogP contribution < -0.4 is 16.0 Å². The molecule has 9 nitrogen and oxygen atoms in total. The Morgan fingerprint density at radius 2 is 1.83 bits per heavy atom. The summed E-state index contributed by atoms with van der Waals surface area (Å²) in [5.74, 6) is -3.98. The number of carbonyl (C=O) groups is 4. The molecule has 0 radical (unpaired) electrons. The van der Waals surface area contributed by atoms with Crippen LogP contribution in [0.15, 0.2) is 18.2 Å². The number of rotatable bonds is 10. The lowest BCUT2D eigenvalue weighted by Crippen LogP contribution is -2.53. The van der Waals surface area contributed by atoms with Crippen LogP contribution in [-0.2, 0) is 14.4 Å². The Bertz CT molecular complexity index is 1150. The van der Waals surface area contributed by atoms with E-state index in [4.69, 9.17) is 0 Å². The van der Waals surface area contributed by atoms with Gasteiger partial charge in [-0.15, -0.1) is 0 Å². The lowest BCUT2D eigenvalue weighted by Gasteiger charge is -2.27. The van der Waals surface area contributed by atoms with Gasteiger partial charge in [-0.1, -0.05) is 12.8 Å². The monoisotopic (exact) mass is 490 g/mol. The van der Waals surface area contributed by atoms with Crippen LogP contribution in [-0.4, -0.2) is 58.8 Å². The maximum atomic E-state index is 14.0. The van der Waals surface area contributed by atoms with Crippen molar-refractivity contribution in [3.05, 3.63) is 35.5 Å². The standard InChI is InChI=1S/C24H28F2N4O5/c25-15-7-14-9-19(28-21(14)16(26)10-15)24(35)30-18(6-12-3-4-12)23(34)29-17(20(32)11-31)8-13-2-1-5-27-22(13)33/h7,9-10,12-13,17-18,28,31H,1-6,8,11H2,(H,27,33)(H,29,34)(H,30,35)/t13?,17-,18-/m0/s1. The minimum atomic E-state index is -1.08. The second-order valence-corrected chi connectivity index (χ2v) is 9.29.